The quantitative estimate of drug-likeness (QED) is 0.440. The summed E-state index contributed by atoms with van der Waals surface area (Å²) < 4.78 is 30.0. The highest BCUT2D eigenvalue weighted by Crippen LogP contribution is 2.41. The van der Waals surface area contributed by atoms with E-state index in [1.54, 1.807) is 30.3 Å². The number of urea groups is 1. The summed E-state index contributed by atoms with van der Waals surface area (Å²) in [5, 5.41) is 11.1. The van der Waals surface area contributed by atoms with Gasteiger partial charge in [0.05, 0.1) is 47.0 Å². The van der Waals surface area contributed by atoms with E-state index in [9.17, 15) is 23.3 Å². The number of carbonyl (C=O) groups excluding carboxylic acids is 1. The fourth-order valence-electron chi connectivity index (χ4n) is 3.87. The van der Waals surface area contributed by atoms with Gasteiger partial charge in [-0.15, -0.1) is 0 Å². The molecular formula is C18H17N3O6S. The van der Waals surface area contributed by atoms with E-state index >= 15 is 0 Å². The van der Waals surface area contributed by atoms with Crippen molar-refractivity contribution in [3.63, 3.8) is 0 Å². The van der Waals surface area contributed by atoms with Crippen LogP contribution in [0.15, 0.2) is 48.5 Å². The van der Waals surface area contributed by atoms with Crippen LogP contribution in [0.1, 0.15) is 0 Å². The largest absolute Gasteiger partial charge is 0.495 e. The number of nitro benzene ring substituents is 1. The first-order chi connectivity index (χ1) is 13.3. The average molecular weight is 403 g/mol. The molecule has 2 fully saturated rings. The lowest BCUT2D eigenvalue weighted by atomic mass is 10.1. The van der Waals surface area contributed by atoms with Gasteiger partial charge in [0.25, 0.3) is 5.69 Å². The second-order valence-corrected chi connectivity index (χ2v) is 8.84. The van der Waals surface area contributed by atoms with Crippen molar-refractivity contribution in [1.29, 1.82) is 0 Å². The zero-order chi connectivity index (χ0) is 20.1. The summed E-state index contributed by atoms with van der Waals surface area (Å²) in [6.07, 6.45) is 0. The normalized spacial score (nSPS) is 23.0. The smallest absolute Gasteiger partial charge is 0.329 e. The average Bonchev–Trinajstić information content (AvgIpc) is 3.10. The molecule has 0 N–H and O–H groups in total. The van der Waals surface area contributed by atoms with E-state index < -0.39 is 32.9 Å². The van der Waals surface area contributed by atoms with Crippen molar-refractivity contribution >= 4 is 32.9 Å². The van der Waals surface area contributed by atoms with Gasteiger partial charge in [0.2, 0.25) is 0 Å². The third-order valence-electron chi connectivity index (χ3n) is 5.03. The second kappa shape index (κ2) is 6.48. The topological polar surface area (TPSA) is 110 Å². The Bertz CT molecular complexity index is 1070. The third kappa shape index (κ3) is 2.85. The molecule has 0 unspecified atom stereocenters. The van der Waals surface area contributed by atoms with Gasteiger partial charge in [-0.1, -0.05) is 18.2 Å². The number of hydrogen-bond acceptors (Lipinski definition) is 6. The Kier molecular flexibility index (Phi) is 4.22. The molecule has 2 aliphatic rings. The second-order valence-electron chi connectivity index (χ2n) is 6.68. The Labute approximate surface area is 161 Å². The lowest BCUT2D eigenvalue weighted by Gasteiger charge is -2.24. The summed E-state index contributed by atoms with van der Waals surface area (Å²) in [7, 11) is -1.89. The van der Waals surface area contributed by atoms with Crippen LogP contribution in [0.2, 0.25) is 0 Å². The molecule has 9 nitrogen and oxygen atoms in total. The molecule has 2 aliphatic heterocycles. The molecule has 2 amide bonds. The summed E-state index contributed by atoms with van der Waals surface area (Å²) >= 11 is 0. The maximum absolute atomic E-state index is 13.3. The van der Waals surface area contributed by atoms with Crippen molar-refractivity contribution in [2.75, 3.05) is 28.4 Å². The molecule has 146 valence electrons. The van der Waals surface area contributed by atoms with Crippen molar-refractivity contribution in [2.45, 2.75) is 12.1 Å². The van der Waals surface area contributed by atoms with E-state index in [1.807, 2.05) is 0 Å². The highest BCUT2D eigenvalue weighted by Gasteiger charge is 2.55. The number of para-hydroxylation sites is 2. The lowest BCUT2D eigenvalue weighted by molar-refractivity contribution is -0.384. The molecule has 2 heterocycles. The number of nitrogens with zero attached hydrogens (tertiary/aromatic N) is 3. The van der Waals surface area contributed by atoms with Gasteiger partial charge in [0.15, 0.2) is 9.84 Å². The van der Waals surface area contributed by atoms with E-state index in [-0.39, 0.29) is 17.2 Å². The minimum atomic E-state index is -3.37. The zero-order valence-corrected chi connectivity index (χ0v) is 15.7. The van der Waals surface area contributed by atoms with E-state index in [0.717, 1.165) is 0 Å². The molecule has 0 aromatic heterocycles. The number of hydrogen-bond donors (Lipinski definition) is 0. The molecule has 2 atom stereocenters. The van der Waals surface area contributed by atoms with Crippen molar-refractivity contribution in [1.82, 2.24) is 0 Å². The number of ether oxygens (including phenoxy) is 1. The van der Waals surface area contributed by atoms with Gasteiger partial charge in [-0.3, -0.25) is 19.9 Å². The van der Waals surface area contributed by atoms with Crippen LogP contribution in [-0.2, 0) is 9.84 Å². The Hall–Kier alpha value is -3.14. The summed E-state index contributed by atoms with van der Waals surface area (Å²) in [6, 6.07) is 10.9. The van der Waals surface area contributed by atoms with E-state index in [4.69, 9.17) is 4.74 Å². The fraction of sp³-hybridized carbons (Fsp3) is 0.278. The first-order valence-corrected chi connectivity index (χ1v) is 10.3. The zero-order valence-electron chi connectivity index (χ0n) is 14.9. The van der Waals surface area contributed by atoms with Crippen molar-refractivity contribution in [2.24, 2.45) is 0 Å². The maximum atomic E-state index is 13.3. The number of rotatable bonds is 4. The Balaban J connectivity index is 1.84. The first kappa shape index (κ1) is 18.2. The van der Waals surface area contributed by atoms with Crippen LogP contribution in [0.4, 0.5) is 21.9 Å². The van der Waals surface area contributed by atoms with Crippen LogP contribution in [0, 0.1) is 10.1 Å². The van der Waals surface area contributed by atoms with Crippen LogP contribution in [-0.4, -0.2) is 50.1 Å². The Morgan fingerprint density at radius 1 is 1.07 bits per heavy atom. The number of nitro groups is 1. The highest BCUT2D eigenvalue weighted by molar-refractivity contribution is 7.91. The molecule has 4 rings (SSSR count). The summed E-state index contributed by atoms with van der Waals surface area (Å²) in [5.74, 6) is 0.0738. The number of amides is 2. The van der Waals surface area contributed by atoms with Gasteiger partial charge in [-0.2, -0.15) is 0 Å². The van der Waals surface area contributed by atoms with Crippen LogP contribution >= 0.6 is 0 Å². The Morgan fingerprint density at radius 3 is 2.43 bits per heavy atom. The van der Waals surface area contributed by atoms with E-state index in [0.29, 0.717) is 17.1 Å². The van der Waals surface area contributed by atoms with Crippen LogP contribution in [0.5, 0.6) is 5.75 Å². The summed E-state index contributed by atoms with van der Waals surface area (Å²) in [6.45, 7) is 0. The number of sulfone groups is 1. The molecule has 0 saturated carbocycles. The van der Waals surface area contributed by atoms with Crippen molar-refractivity contribution in [3.05, 3.63) is 58.6 Å². The van der Waals surface area contributed by atoms with Gasteiger partial charge < -0.3 is 4.74 Å². The number of non-ortho nitro benzene ring substituents is 1. The monoisotopic (exact) mass is 403 g/mol. The molecule has 2 saturated heterocycles. The van der Waals surface area contributed by atoms with Gasteiger partial charge >= 0.3 is 6.03 Å². The SMILES string of the molecule is COc1ccccc1N1C(=O)N(c2cccc([N+](=O)[O-])c2)[C@H]2CS(=O)(=O)C[C@H]21. The van der Waals surface area contributed by atoms with Crippen molar-refractivity contribution in [3.8, 4) is 5.75 Å². The molecular weight excluding hydrogens is 386 g/mol. The van der Waals surface area contributed by atoms with E-state index in [2.05, 4.69) is 0 Å². The minimum Gasteiger partial charge on any atom is -0.495 e. The molecule has 0 radical (unpaired) electrons. The number of fused-ring (bicyclic) bond motifs is 1. The summed E-state index contributed by atoms with van der Waals surface area (Å²) in [4.78, 5) is 26.7. The number of anilines is 2. The molecule has 28 heavy (non-hydrogen) atoms. The molecule has 2 aromatic rings. The first-order valence-electron chi connectivity index (χ1n) is 8.53. The van der Waals surface area contributed by atoms with Gasteiger partial charge in [-0.25, -0.2) is 13.2 Å². The van der Waals surface area contributed by atoms with Crippen LogP contribution in [0.25, 0.3) is 0 Å². The molecule has 0 bridgehead atoms. The number of methoxy groups -OCH3 is 1. The standard InChI is InChI=1S/C18H17N3O6S/c1-27-17-8-3-2-7-14(17)20-16-11-28(25,26)10-15(16)19(18(20)22)12-5-4-6-13(9-12)21(23)24/h2-9,15-16H,10-11H2,1H3/t15-,16+/m0/s1. The minimum absolute atomic E-state index is 0.168. The predicted molar refractivity (Wildman–Crippen MR) is 103 cm³/mol. The molecule has 10 heteroatoms. The molecule has 0 aliphatic carbocycles. The predicted octanol–water partition coefficient (Wildman–Crippen LogP) is 2.22. The van der Waals surface area contributed by atoms with Crippen molar-refractivity contribution < 1.29 is 22.9 Å². The maximum Gasteiger partial charge on any atom is 0.329 e. The number of benzene rings is 2. The third-order valence-corrected chi connectivity index (χ3v) is 6.73. The highest BCUT2D eigenvalue weighted by atomic mass is 32.2. The summed E-state index contributed by atoms with van der Waals surface area (Å²) in [5.41, 5.74) is 0.595. The van der Waals surface area contributed by atoms with E-state index in [1.165, 1.54) is 35.1 Å². The molecule has 0 spiro atoms. The lowest BCUT2D eigenvalue weighted by Crippen LogP contribution is -2.38. The van der Waals surface area contributed by atoms with Gasteiger partial charge in [0, 0.05) is 12.1 Å². The fourth-order valence-corrected chi connectivity index (χ4v) is 5.79. The van der Waals surface area contributed by atoms with Gasteiger partial charge in [-0.05, 0) is 18.2 Å². The number of carbonyl (C=O) groups is 1. The molecule has 2 aromatic carbocycles. The van der Waals surface area contributed by atoms with Crippen LogP contribution in [0.3, 0.4) is 0 Å². The van der Waals surface area contributed by atoms with Gasteiger partial charge in [0.1, 0.15) is 5.75 Å². The van der Waals surface area contributed by atoms with Crippen LogP contribution < -0.4 is 14.5 Å². The Morgan fingerprint density at radius 2 is 1.75 bits per heavy atom.